The van der Waals surface area contributed by atoms with Crippen LogP contribution in [0.4, 0.5) is 5.82 Å². The fraction of sp³-hybridized carbons (Fsp3) is 0.143. The SMILES string of the molecule is CCNS(=O)(=O)c1ccc(Cn2nc(NC(=O)C3=COC=CO3)c3ccccc32)cc1. The number of carbonyl (C=O) groups excluding carboxylic acids is 1. The molecule has 0 radical (unpaired) electrons. The normalized spacial score (nSPS) is 13.4. The number of benzene rings is 2. The maximum absolute atomic E-state index is 12.4. The van der Waals surface area contributed by atoms with Gasteiger partial charge in [-0.3, -0.25) is 9.48 Å². The number of ether oxygens (including phenoxy) is 2. The Balaban J connectivity index is 1.59. The minimum atomic E-state index is -3.51. The van der Waals surface area contributed by atoms with Gasteiger partial charge in [-0.05, 0) is 29.8 Å². The van der Waals surface area contributed by atoms with Crippen LogP contribution in [0.2, 0.25) is 0 Å². The van der Waals surface area contributed by atoms with Crippen molar-refractivity contribution in [1.82, 2.24) is 14.5 Å². The summed E-state index contributed by atoms with van der Waals surface area (Å²) >= 11 is 0. The average Bonchev–Trinajstić information content (AvgIpc) is 3.12. The first-order valence-electron chi connectivity index (χ1n) is 9.51. The topological polar surface area (TPSA) is 112 Å². The smallest absolute Gasteiger partial charge is 0.295 e. The second-order valence-electron chi connectivity index (χ2n) is 6.63. The lowest BCUT2D eigenvalue weighted by molar-refractivity contribution is -0.115. The summed E-state index contributed by atoms with van der Waals surface area (Å²) in [6.07, 6.45) is 3.79. The number of para-hydroxylation sites is 1. The van der Waals surface area contributed by atoms with E-state index in [4.69, 9.17) is 9.47 Å². The zero-order valence-electron chi connectivity index (χ0n) is 16.6. The van der Waals surface area contributed by atoms with E-state index in [1.807, 2.05) is 24.3 Å². The molecule has 0 atom stereocenters. The summed E-state index contributed by atoms with van der Waals surface area (Å²) in [7, 11) is -3.51. The summed E-state index contributed by atoms with van der Waals surface area (Å²) in [6.45, 7) is 2.44. The molecule has 4 rings (SSSR count). The van der Waals surface area contributed by atoms with Crippen molar-refractivity contribution < 1.29 is 22.7 Å². The summed E-state index contributed by atoms with van der Waals surface area (Å²) in [6, 6.07) is 14.1. The van der Waals surface area contributed by atoms with Gasteiger partial charge in [-0.2, -0.15) is 5.10 Å². The molecule has 0 fully saturated rings. The third-order valence-electron chi connectivity index (χ3n) is 4.52. The van der Waals surface area contributed by atoms with Crippen LogP contribution in [-0.2, 0) is 30.8 Å². The molecule has 0 aliphatic carbocycles. The van der Waals surface area contributed by atoms with Gasteiger partial charge in [-0.25, -0.2) is 13.1 Å². The summed E-state index contributed by atoms with van der Waals surface area (Å²) in [4.78, 5) is 12.6. The lowest BCUT2D eigenvalue weighted by atomic mass is 10.2. The fourth-order valence-electron chi connectivity index (χ4n) is 3.10. The van der Waals surface area contributed by atoms with Crippen LogP contribution in [0.15, 0.2) is 78.0 Å². The van der Waals surface area contributed by atoms with E-state index in [1.165, 1.54) is 18.8 Å². The quantitative estimate of drug-likeness (QED) is 0.584. The van der Waals surface area contributed by atoms with Crippen molar-refractivity contribution >= 4 is 32.7 Å². The predicted molar refractivity (Wildman–Crippen MR) is 114 cm³/mol. The second-order valence-corrected chi connectivity index (χ2v) is 8.40. The number of carbonyl (C=O) groups is 1. The molecule has 10 heteroatoms. The second kappa shape index (κ2) is 8.62. The van der Waals surface area contributed by atoms with E-state index in [9.17, 15) is 13.2 Å². The van der Waals surface area contributed by atoms with Gasteiger partial charge in [0, 0.05) is 11.9 Å². The molecular weight excluding hydrogens is 420 g/mol. The zero-order chi connectivity index (χ0) is 21.8. The van der Waals surface area contributed by atoms with Crippen molar-refractivity contribution in [1.29, 1.82) is 0 Å². The van der Waals surface area contributed by atoms with E-state index in [0.29, 0.717) is 18.9 Å². The van der Waals surface area contributed by atoms with Crippen molar-refractivity contribution in [3.8, 4) is 0 Å². The van der Waals surface area contributed by atoms with Crippen LogP contribution in [-0.4, -0.2) is 30.7 Å². The Bertz CT molecular complexity index is 1280. The molecule has 9 nitrogen and oxygen atoms in total. The van der Waals surface area contributed by atoms with Crippen molar-refractivity contribution in [3.05, 3.63) is 78.6 Å². The summed E-state index contributed by atoms with van der Waals surface area (Å²) < 4.78 is 38.5. The third-order valence-corrected chi connectivity index (χ3v) is 6.08. The van der Waals surface area contributed by atoms with E-state index in [-0.39, 0.29) is 10.7 Å². The molecule has 3 aromatic rings. The Morgan fingerprint density at radius 2 is 1.87 bits per heavy atom. The molecular formula is C21H20N4O5S. The molecule has 0 spiro atoms. The highest BCUT2D eigenvalue weighted by molar-refractivity contribution is 7.89. The number of amides is 1. The van der Waals surface area contributed by atoms with Gasteiger partial charge in [-0.15, -0.1) is 0 Å². The summed E-state index contributed by atoms with van der Waals surface area (Å²) in [5.74, 6) is -0.0950. The van der Waals surface area contributed by atoms with Gasteiger partial charge in [0.2, 0.25) is 15.8 Å². The number of hydrogen-bond acceptors (Lipinski definition) is 6. The molecule has 1 amide bonds. The average molecular weight is 440 g/mol. The number of nitrogens with zero attached hydrogens (tertiary/aromatic N) is 2. The fourth-order valence-corrected chi connectivity index (χ4v) is 4.14. The van der Waals surface area contributed by atoms with Gasteiger partial charge in [0.05, 0.1) is 17.0 Å². The highest BCUT2D eigenvalue weighted by Crippen LogP contribution is 2.24. The number of aromatic nitrogens is 2. The highest BCUT2D eigenvalue weighted by Gasteiger charge is 2.18. The molecule has 0 unspecified atom stereocenters. The van der Waals surface area contributed by atoms with Gasteiger partial charge >= 0.3 is 0 Å². The lowest BCUT2D eigenvalue weighted by Crippen LogP contribution is -2.23. The molecule has 31 heavy (non-hydrogen) atoms. The number of sulfonamides is 1. The highest BCUT2D eigenvalue weighted by atomic mass is 32.2. The number of anilines is 1. The Morgan fingerprint density at radius 1 is 1.10 bits per heavy atom. The lowest BCUT2D eigenvalue weighted by Gasteiger charge is -2.09. The minimum absolute atomic E-state index is 0.0126. The first-order valence-corrected chi connectivity index (χ1v) is 11.0. The van der Waals surface area contributed by atoms with Crippen molar-refractivity contribution in [2.24, 2.45) is 0 Å². The van der Waals surface area contributed by atoms with Crippen LogP contribution in [0.25, 0.3) is 10.9 Å². The summed E-state index contributed by atoms with van der Waals surface area (Å²) in [5, 5.41) is 8.03. The minimum Gasteiger partial charge on any atom is -0.465 e. The third kappa shape index (κ3) is 4.44. The molecule has 2 aromatic carbocycles. The molecule has 0 saturated heterocycles. The predicted octanol–water partition coefficient (Wildman–Crippen LogP) is 2.68. The van der Waals surface area contributed by atoms with Crippen molar-refractivity contribution in [2.45, 2.75) is 18.4 Å². The van der Waals surface area contributed by atoms with Crippen LogP contribution < -0.4 is 10.0 Å². The van der Waals surface area contributed by atoms with E-state index in [2.05, 4.69) is 15.1 Å². The maximum atomic E-state index is 12.4. The van der Waals surface area contributed by atoms with E-state index >= 15 is 0 Å². The van der Waals surface area contributed by atoms with Crippen LogP contribution in [0.1, 0.15) is 12.5 Å². The molecule has 0 bridgehead atoms. The number of rotatable bonds is 7. The number of nitrogens with one attached hydrogen (secondary N) is 2. The first kappa shape index (κ1) is 20.6. The van der Waals surface area contributed by atoms with E-state index < -0.39 is 15.9 Å². The zero-order valence-corrected chi connectivity index (χ0v) is 17.4. The van der Waals surface area contributed by atoms with Crippen LogP contribution >= 0.6 is 0 Å². The molecule has 1 aliphatic heterocycles. The first-order chi connectivity index (χ1) is 15.0. The Kier molecular flexibility index (Phi) is 5.74. The van der Waals surface area contributed by atoms with Gasteiger partial charge < -0.3 is 14.8 Å². The van der Waals surface area contributed by atoms with E-state index in [0.717, 1.165) is 16.5 Å². The maximum Gasteiger partial charge on any atom is 0.295 e. The van der Waals surface area contributed by atoms with Crippen LogP contribution in [0.5, 0.6) is 0 Å². The Morgan fingerprint density at radius 3 is 2.58 bits per heavy atom. The van der Waals surface area contributed by atoms with Gasteiger partial charge in [0.1, 0.15) is 18.8 Å². The molecule has 1 aromatic heterocycles. The van der Waals surface area contributed by atoms with Crippen LogP contribution in [0, 0.1) is 0 Å². The number of fused-ring (bicyclic) bond motifs is 1. The van der Waals surface area contributed by atoms with Gasteiger partial charge in [0.15, 0.2) is 5.82 Å². The summed E-state index contributed by atoms with van der Waals surface area (Å²) in [5.41, 5.74) is 1.68. The van der Waals surface area contributed by atoms with Crippen molar-refractivity contribution in [2.75, 3.05) is 11.9 Å². The largest absolute Gasteiger partial charge is 0.465 e. The number of hydrogen-bond donors (Lipinski definition) is 2. The molecule has 2 N–H and O–H groups in total. The van der Waals surface area contributed by atoms with Gasteiger partial charge in [0.25, 0.3) is 5.91 Å². The molecule has 0 saturated carbocycles. The van der Waals surface area contributed by atoms with Gasteiger partial charge in [-0.1, -0.05) is 31.2 Å². The molecule has 2 heterocycles. The standard InChI is InChI=1S/C21H20N4O5S/c1-2-22-31(27,28)16-9-7-15(8-10-16)13-25-18-6-4-3-5-17(18)20(24-25)23-21(26)19-14-29-11-12-30-19/h3-12,14,22H,2,13H2,1H3,(H,23,24,26). The Labute approximate surface area is 179 Å². The van der Waals surface area contributed by atoms with Crippen LogP contribution in [0.3, 0.4) is 0 Å². The van der Waals surface area contributed by atoms with Crippen molar-refractivity contribution in [3.63, 3.8) is 0 Å². The van der Waals surface area contributed by atoms with E-state index in [1.54, 1.807) is 35.9 Å². The molecule has 1 aliphatic rings. The monoisotopic (exact) mass is 440 g/mol. The Hall–Kier alpha value is -3.63. The molecule has 160 valence electrons.